The van der Waals surface area contributed by atoms with Crippen LogP contribution in [0.2, 0.25) is 0 Å². The van der Waals surface area contributed by atoms with E-state index in [1.807, 2.05) is 0 Å². The van der Waals surface area contributed by atoms with Crippen LogP contribution < -0.4 is 4.90 Å². The van der Waals surface area contributed by atoms with Gasteiger partial charge in [-0.1, -0.05) is 196 Å². The smallest absolute Gasteiger partial charge is 0.136 e. The summed E-state index contributed by atoms with van der Waals surface area (Å²) in [5, 5.41) is 9.79. The summed E-state index contributed by atoms with van der Waals surface area (Å²) >= 11 is 0. The molecule has 0 fully saturated rings. The summed E-state index contributed by atoms with van der Waals surface area (Å²) in [4.78, 5) is 2.54. The van der Waals surface area contributed by atoms with Crippen molar-refractivity contribution in [1.82, 2.24) is 0 Å². The van der Waals surface area contributed by atoms with Crippen LogP contribution in [0.15, 0.2) is 241 Å². The van der Waals surface area contributed by atoms with Crippen LogP contribution in [0.5, 0.6) is 0 Å². The van der Waals surface area contributed by atoms with Crippen LogP contribution in [0.4, 0.5) is 17.1 Å². The van der Waals surface area contributed by atoms with Crippen molar-refractivity contribution in [2.45, 2.75) is 24.7 Å². The van der Waals surface area contributed by atoms with Crippen LogP contribution in [0, 0.1) is 0 Å². The van der Waals surface area contributed by atoms with E-state index in [2.05, 4.69) is 255 Å². The minimum atomic E-state index is -0.457. The van der Waals surface area contributed by atoms with Crippen molar-refractivity contribution in [2.75, 3.05) is 4.90 Å². The fourth-order valence-electron chi connectivity index (χ4n) is 13.9. The van der Waals surface area contributed by atoms with Crippen LogP contribution >= 0.6 is 0 Å². The molecule has 0 unspecified atom stereocenters. The maximum atomic E-state index is 6.45. The first-order chi connectivity index (χ1) is 35.5. The minimum Gasteiger partial charge on any atom is -0.456 e. The summed E-state index contributed by atoms with van der Waals surface area (Å²) in [6, 6.07) is 88.6. The number of benzene rings is 12. The Kier molecular flexibility index (Phi) is 7.92. The molecule has 0 bridgehead atoms. The highest BCUT2D eigenvalue weighted by Crippen LogP contribution is 2.64. The van der Waals surface area contributed by atoms with E-state index in [0.29, 0.717) is 0 Å². The average Bonchev–Trinajstić information content (AvgIpc) is 4.13. The fraction of sp³-hybridized carbons (Fsp3) is 0.0571. The maximum Gasteiger partial charge on any atom is 0.136 e. The van der Waals surface area contributed by atoms with Crippen molar-refractivity contribution in [1.29, 1.82) is 0 Å². The highest BCUT2D eigenvalue weighted by Gasteiger charge is 2.52. The molecule has 1 aromatic heterocycles. The van der Waals surface area contributed by atoms with Crippen molar-refractivity contribution in [3.8, 4) is 44.5 Å². The third kappa shape index (κ3) is 5.08. The van der Waals surface area contributed by atoms with Gasteiger partial charge in [-0.3, -0.25) is 0 Å². The predicted octanol–water partition coefficient (Wildman–Crippen LogP) is 18.8. The minimum absolute atomic E-state index is 0.232. The average molecular weight is 916 g/mol. The second kappa shape index (κ2) is 14.3. The Hall–Kier alpha value is -8.98. The van der Waals surface area contributed by atoms with Crippen LogP contribution in [0.25, 0.3) is 98.8 Å². The summed E-state index contributed by atoms with van der Waals surface area (Å²) < 4.78 is 6.45. The Bertz CT molecular complexity index is 4430. The van der Waals surface area contributed by atoms with Gasteiger partial charge < -0.3 is 9.32 Å². The number of fused-ring (bicyclic) bond motifs is 23. The third-order valence-corrected chi connectivity index (χ3v) is 16.8. The van der Waals surface area contributed by atoms with Gasteiger partial charge in [0.05, 0.1) is 11.1 Å². The second-order valence-electron chi connectivity index (χ2n) is 20.6. The van der Waals surface area contributed by atoms with Gasteiger partial charge in [-0.15, -0.1) is 0 Å². The molecule has 3 aliphatic carbocycles. The molecule has 16 rings (SSSR count). The summed E-state index contributed by atoms with van der Waals surface area (Å²) in [5.74, 6) is 0. The van der Waals surface area contributed by atoms with E-state index in [0.717, 1.165) is 27.9 Å². The molecule has 13 aromatic rings. The first-order valence-corrected chi connectivity index (χ1v) is 25.2. The molecule has 336 valence electrons. The molecule has 0 radical (unpaired) electrons. The monoisotopic (exact) mass is 915 g/mol. The lowest BCUT2D eigenvalue weighted by atomic mass is 9.70. The largest absolute Gasteiger partial charge is 0.456 e. The number of rotatable bonds is 4. The molecule has 0 aliphatic heterocycles. The predicted molar refractivity (Wildman–Crippen MR) is 300 cm³/mol. The van der Waals surface area contributed by atoms with Crippen molar-refractivity contribution in [2.24, 2.45) is 0 Å². The zero-order valence-corrected chi connectivity index (χ0v) is 39.9. The Morgan fingerprint density at radius 1 is 0.319 bits per heavy atom. The summed E-state index contributed by atoms with van der Waals surface area (Å²) in [6.07, 6.45) is 0. The first kappa shape index (κ1) is 39.8. The van der Waals surface area contributed by atoms with Gasteiger partial charge in [0.2, 0.25) is 0 Å². The van der Waals surface area contributed by atoms with Crippen molar-refractivity contribution < 1.29 is 4.42 Å². The molecule has 3 aliphatic rings. The molecular weight excluding hydrogens is 871 g/mol. The summed E-state index contributed by atoms with van der Waals surface area (Å²) in [6.45, 7) is 4.80. The van der Waals surface area contributed by atoms with Crippen molar-refractivity contribution in [3.63, 3.8) is 0 Å². The SMILES string of the molecule is CC1(C)c2ccccc2-c2cccc(N(c3ccc(-c4ccc5c6ccccc6c6c(ccc7oc8ccccc8c76)c5c4)cc3)c3ccc4c(c3)C3(c5ccccc5-c5ccccc53)c3ccccc3-4)c21. The number of anilines is 3. The number of para-hydroxylation sites is 1. The van der Waals surface area contributed by atoms with E-state index in [1.165, 1.54) is 121 Å². The zero-order valence-electron chi connectivity index (χ0n) is 39.9. The topological polar surface area (TPSA) is 16.4 Å². The molecule has 2 heteroatoms. The Labute approximate surface area is 417 Å². The lowest BCUT2D eigenvalue weighted by Crippen LogP contribution is -2.26. The number of furan rings is 1. The normalized spacial score (nSPS) is 14.2. The van der Waals surface area contributed by atoms with Crippen molar-refractivity contribution >= 4 is 71.3 Å². The van der Waals surface area contributed by atoms with Gasteiger partial charge in [-0.25, -0.2) is 0 Å². The summed E-state index contributed by atoms with van der Waals surface area (Å²) in [5.41, 5.74) is 22.9. The van der Waals surface area contributed by atoms with Gasteiger partial charge in [0.1, 0.15) is 11.2 Å². The van der Waals surface area contributed by atoms with Crippen LogP contribution in [-0.4, -0.2) is 0 Å². The molecule has 1 spiro atoms. The molecule has 0 atom stereocenters. The molecule has 72 heavy (non-hydrogen) atoms. The highest BCUT2D eigenvalue weighted by molar-refractivity contribution is 6.34. The molecule has 1 heterocycles. The molecule has 2 nitrogen and oxygen atoms in total. The Morgan fingerprint density at radius 2 is 0.833 bits per heavy atom. The molecule has 0 N–H and O–H groups in total. The second-order valence-corrected chi connectivity index (χ2v) is 20.6. The Morgan fingerprint density at radius 3 is 1.54 bits per heavy atom. The van der Waals surface area contributed by atoms with E-state index < -0.39 is 5.41 Å². The van der Waals surface area contributed by atoms with Crippen molar-refractivity contribution in [3.05, 3.63) is 270 Å². The molecule has 12 aromatic carbocycles. The molecule has 0 saturated carbocycles. The van der Waals surface area contributed by atoms with Gasteiger partial charge >= 0.3 is 0 Å². The number of hydrogen-bond acceptors (Lipinski definition) is 2. The Balaban J connectivity index is 0.906. The van der Waals surface area contributed by atoms with E-state index in [9.17, 15) is 0 Å². The quantitative estimate of drug-likeness (QED) is 0.164. The lowest BCUT2D eigenvalue weighted by molar-refractivity contribution is 0.661. The number of nitrogens with zero attached hydrogens (tertiary/aromatic N) is 1. The summed E-state index contributed by atoms with van der Waals surface area (Å²) in [7, 11) is 0. The molecular formula is C70H45NO. The van der Waals surface area contributed by atoms with Gasteiger partial charge in [-0.2, -0.15) is 0 Å². The third-order valence-electron chi connectivity index (χ3n) is 16.8. The van der Waals surface area contributed by atoms with E-state index in [4.69, 9.17) is 4.42 Å². The van der Waals surface area contributed by atoms with E-state index in [-0.39, 0.29) is 5.41 Å². The van der Waals surface area contributed by atoms with Crippen LogP contribution in [-0.2, 0) is 10.8 Å². The maximum absolute atomic E-state index is 6.45. The number of hydrogen-bond donors (Lipinski definition) is 0. The lowest BCUT2D eigenvalue weighted by Gasteiger charge is -2.34. The molecule has 0 amide bonds. The van der Waals surface area contributed by atoms with Crippen LogP contribution in [0.1, 0.15) is 47.2 Å². The van der Waals surface area contributed by atoms with Gasteiger partial charge in [0.15, 0.2) is 0 Å². The van der Waals surface area contributed by atoms with Gasteiger partial charge in [-0.05, 0) is 159 Å². The van der Waals surface area contributed by atoms with E-state index >= 15 is 0 Å². The molecule has 0 saturated heterocycles. The zero-order chi connectivity index (χ0) is 47.5. The fourth-order valence-corrected chi connectivity index (χ4v) is 13.9. The first-order valence-electron chi connectivity index (χ1n) is 25.2. The van der Waals surface area contributed by atoms with Gasteiger partial charge in [0, 0.05) is 32.9 Å². The van der Waals surface area contributed by atoms with E-state index in [1.54, 1.807) is 0 Å². The highest BCUT2D eigenvalue weighted by atomic mass is 16.3. The van der Waals surface area contributed by atoms with Crippen LogP contribution in [0.3, 0.4) is 0 Å². The standard InChI is InChI=1S/C70H45NO/c1-69(2)58-24-10-5-20-51(58)55-23-15-28-63(68(55)69)71(45-35-37-52-50-19-8-13-27-61(50)70(62(52)41-45)59-25-11-6-17-48(59)49-18-7-12-26-60(49)70)44-33-30-42(31-34-44)43-32-36-47-46-16-3-4-21-53(46)66-54(57(47)40-43)38-39-65-67(66)56-22-9-14-29-64(56)72-65/h3-41H,1-2H3. The van der Waals surface area contributed by atoms with Gasteiger partial charge in [0.25, 0.3) is 0 Å².